The summed E-state index contributed by atoms with van der Waals surface area (Å²) in [5.74, 6) is 2.29. The number of para-hydroxylation sites is 1. The van der Waals surface area contributed by atoms with E-state index in [1.54, 1.807) is 0 Å². The minimum absolute atomic E-state index is 0.0141. The summed E-state index contributed by atoms with van der Waals surface area (Å²) in [6.07, 6.45) is 1.92. The molecule has 0 fully saturated rings. The fourth-order valence-electron chi connectivity index (χ4n) is 9.48. The molecule has 350 valence electrons. The van der Waals surface area contributed by atoms with E-state index in [2.05, 4.69) is 227 Å². The third-order valence-electron chi connectivity index (χ3n) is 13.8. The molecule has 3 heterocycles. The molecule has 9 rings (SSSR count). The standard InChI is InChI=1S/C63H72N4O/c1-40-31-41(59(2,3)4)23-26-50(40)52-21-18-22-55-58(52)66(47-33-44(62(11,12)13)32-45(34-47)63(14,15)16)39-65(55)46-19-17-20-48(37-46)68-49-25-27-51-53-35-42(60(5,6)7)24-28-54(53)67(56(51)38-49)57-36-43(29-30-64-57)61(8,9)10/h17-38H,39H2,1-16H3/i1D3. The van der Waals surface area contributed by atoms with Crippen LogP contribution in [-0.2, 0) is 27.1 Å². The number of benzene rings is 6. The molecule has 8 aromatic rings. The Hall–Kier alpha value is -6.33. The summed E-state index contributed by atoms with van der Waals surface area (Å²) in [6.45, 7) is 31.6. The molecule has 5 heteroatoms. The number of nitrogens with zero attached hydrogens (tertiary/aromatic N) is 4. The highest BCUT2D eigenvalue weighted by atomic mass is 16.5. The van der Waals surface area contributed by atoms with Gasteiger partial charge in [-0.2, -0.15) is 0 Å². The Bertz CT molecular complexity index is 3310. The van der Waals surface area contributed by atoms with Crippen molar-refractivity contribution in [1.82, 2.24) is 9.55 Å². The molecule has 0 unspecified atom stereocenters. The van der Waals surface area contributed by atoms with Crippen molar-refractivity contribution in [3.63, 3.8) is 0 Å². The minimum atomic E-state index is -2.33. The van der Waals surface area contributed by atoms with Crippen molar-refractivity contribution in [1.29, 1.82) is 0 Å². The van der Waals surface area contributed by atoms with Crippen LogP contribution < -0.4 is 14.5 Å². The zero-order valence-electron chi connectivity index (χ0n) is 46.1. The smallest absolute Gasteiger partial charge is 0.137 e. The van der Waals surface area contributed by atoms with E-state index in [-0.39, 0.29) is 27.1 Å². The van der Waals surface area contributed by atoms with Gasteiger partial charge in [0.15, 0.2) is 0 Å². The van der Waals surface area contributed by atoms with Crippen LogP contribution in [0, 0.1) is 6.85 Å². The fraction of sp³-hybridized carbons (Fsp3) is 0.349. The molecule has 0 amide bonds. The van der Waals surface area contributed by atoms with Crippen LogP contribution in [0.2, 0.25) is 0 Å². The predicted molar refractivity (Wildman–Crippen MR) is 291 cm³/mol. The van der Waals surface area contributed by atoms with Crippen molar-refractivity contribution in [2.75, 3.05) is 16.5 Å². The average molecular weight is 904 g/mol. The minimum Gasteiger partial charge on any atom is -0.457 e. The van der Waals surface area contributed by atoms with E-state index in [0.29, 0.717) is 23.5 Å². The van der Waals surface area contributed by atoms with Crippen molar-refractivity contribution in [2.45, 2.75) is 138 Å². The van der Waals surface area contributed by atoms with Crippen molar-refractivity contribution in [2.24, 2.45) is 0 Å². The van der Waals surface area contributed by atoms with Crippen LogP contribution in [0.3, 0.4) is 0 Å². The number of ether oxygens (including phenoxy) is 1. The SMILES string of the molecule is [2H]C([2H])([2H])c1cc(C(C)(C)C)ccc1-c1cccc2c1N(c1cc(C(C)(C)C)cc(C(C)(C)C)c1)CN2c1cccc(Oc2ccc3c4cc(C(C)(C)C)ccc4n(-c4cc(C(C)(C)C)ccn4)c3c2)c1. The highest BCUT2D eigenvalue weighted by Crippen LogP contribution is 2.51. The van der Waals surface area contributed by atoms with Crippen molar-refractivity contribution < 1.29 is 8.85 Å². The zero-order valence-corrected chi connectivity index (χ0v) is 43.1. The Balaban J connectivity index is 1.18. The van der Waals surface area contributed by atoms with Gasteiger partial charge in [-0.25, -0.2) is 4.98 Å². The molecule has 0 bridgehead atoms. The number of pyridine rings is 1. The predicted octanol–water partition coefficient (Wildman–Crippen LogP) is 17.7. The summed E-state index contributed by atoms with van der Waals surface area (Å²) in [6, 6.07) is 45.2. The number of fused-ring (bicyclic) bond motifs is 4. The van der Waals surface area contributed by atoms with Crippen LogP contribution >= 0.6 is 0 Å². The Morgan fingerprint density at radius 2 is 1.09 bits per heavy atom. The van der Waals surface area contributed by atoms with Crippen molar-refractivity contribution in [3.8, 4) is 28.4 Å². The van der Waals surface area contributed by atoms with E-state index in [1.165, 1.54) is 27.6 Å². The maximum absolute atomic E-state index is 8.84. The monoisotopic (exact) mass is 904 g/mol. The number of hydrogen-bond donors (Lipinski definition) is 0. The summed E-state index contributed by atoms with van der Waals surface area (Å²) < 4.78 is 35.7. The number of hydrogen-bond acceptors (Lipinski definition) is 4. The Morgan fingerprint density at radius 1 is 0.471 bits per heavy atom. The number of rotatable bonds is 6. The Labute approximate surface area is 411 Å². The van der Waals surface area contributed by atoms with Crippen molar-refractivity contribution in [3.05, 3.63) is 167 Å². The molecule has 0 N–H and O–H groups in total. The van der Waals surface area contributed by atoms with Crippen molar-refractivity contribution >= 4 is 44.6 Å². The van der Waals surface area contributed by atoms with Gasteiger partial charge < -0.3 is 14.5 Å². The highest BCUT2D eigenvalue weighted by Gasteiger charge is 2.33. The van der Waals surface area contributed by atoms with Gasteiger partial charge in [-0.3, -0.25) is 4.57 Å². The van der Waals surface area contributed by atoms with Crippen LogP contribution in [0.4, 0.5) is 22.7 Å². The van der Waals surface area contributed by atoms with E-state index in [1.807, 2.05) is 24.4 Å². The molecular weight excluding hydrogens is 829 g/mol. The van der Waals surface area contributed by atoms with Crippen LogP contribution in [-0.4, -0.2) is 16.2 Å². The second-order valence-corrected chi connectivity index (χ2v) is 24.2. The van der Waals surface area contributed by atoms with Crippen LogP contribution in [0.5, 0.6) is 11.5 Å². The average Bonchev–Trinajstić information content (AvgIpc) is 3.83. The summed E-state index contributed by atoms with van der Waals surface area (Å²) in [7, 11) is 0. The second kappa shape index (κ2) is 16.4. The third-order valence-corrected chi connectivity index (χ3v) is 13.8. The van der Waals surface area contributed by atoms with E-state index < -0.39 is 6.85 Å². The topological polar surface area (TPSA) is 33.5 Å². The summed E-state index contributed by atoms with van der Waals surface area (Å²) in [4.78, 5) is 9.66. The third kappa shape index (κ3) is 8.81. The van der Waals surface area contributed by atoms with Gasteiger partial charge >= 0.3 is 0 Å². The fourth-order valence-corrected chi connectivity index (χ4v) is 9.48. The van der Waals surface area contributed by atoms with E-state index in [9.17, 15) is 0 Å². The molecule has 0 saturated carbocycles. The molecule has 68 heavy (non-hydrogen) atoms. The van der Waals surface area contributed by atoms with Gasteiger partial charge in [0, 0.05) is 50.2 Å². The second-order valence-electron chi connectivity index (χ2n) is 24.2. The lowest BCUT2D eigenvalue weighted by Crippen LogP contribution is -2.25. The maximum atomic E-state index is 8.84. The van der Waals surface area contributed by atoms with E-state index in [4.69, 9.17) is 13.8 Å². The first-order chi connectivity index (χ1) is 33.0. The largest absolute Gasteiger partial charge is 0.457 e. The summed E-state index contributed by atoms with van der Waals surface area (Å²) in [5.41, 5.74) is 13.5. The van der Waals surface area contributed by atoms with Gasteiger partial charge in [-0.05, 0) is 140 Å². The zero-order chi connectivity index (χ0) is 51.4. The first kappa shape index (κ1) is 43.0. The number of aryl methyl sites for hydroxylation is 1. The molecule has 0 atom stereocenters. The van der Waals surface area contributed by atoms with E-state index in [0.717, 1.165) is 61.9 Å². The Kier molecular flexibility index (Phi) is 10.4. The molecule has 6 aromatic carbocycles. The molecule has 1 aliphatic heterocycles. The maximum Gasteiger partial charge on any atom is 0.137 e. The van der Waals surface area contributed by atoms with Gasteiger partial charge in [-0.1, -0.05) is 152 Å². The lowest BCUT2D eigenvalue weighted by molar-refractivity contribution is 0.483. The van der Waals surface area contributed by atoms with Gasteiger partial charge in [0.2, 0.25) is 0 Å². The lowest BCUT2D eigenvalue weighted by Gasteiger charge is -2.30. The quantitative estimate of drug-likeness (QED) is 0.166. The van der Waals surface area contributed by atoms with Gasteiger partial charge in [0.1, 0.15) is 24.0 Å². The molecular formula is C63H72N4O. The van der Waals surface area contributed by atoms with Crippen LogP contribution in [0.25, 0.3) is 38.8 Å². The summed E-state index contributed by atoms with van der Waals surface area (Å²) >= 11 is 0. The molecule has 1 aliphatic rings. The highest BCUT2D eigenvalue weighted by molar-refractivity contribution is 6.10. The molecule has 5 nitrogen and oxygen atoms in total. The molecule has 0 spiro atoms. The van der Waals surface area contributed by atoms with Crippen LogP contribution in [0.15, 0.2) is 134 Å². The van der Waals surface area contributed by atoms with Gasteiger partial charge in [0.05, 0.1) is 22.4 Å². The van der Waals surface area contributed by atoms with E-state index >= 15 is 0 Å². The first-order valence-corrected chi connectivity index (χ1v) is 24.3. The van der Waals surface area contributed by atoms with Gasteiger partial charge in [0.25, 0.3) is 0 Å². The summed E-state index contributed by atoms with van der Waals surface area (Å²) in [5, 5.41) is 2.32. The Morgan fingerprint density at radius 3 is 1.75 bits per heavy atom. The normalized spacial score (nSPS) is 14.6. The number of aromatic nitrogens is 2. The molecule has 2 aromatic heterocycles. The molecule has 0 radical (unpaired) electrons. The van der Waals surface area contributed by atoms with Gasteiger partial charge in [-0.15, -0.1) is 0 Å². The van der Waals surface area contributed by atoms with Crippen LogP contribution in [0.1, 0.15) is 141 Å². The molecule has 0 saturated heterocycles. The number of anilines is 4. The first-order valence-electron chi connectivity index (χ1n) is 25.8. The lowest BCUT2D eigenvalue weighted by atomic mass is 9.80. The molecule has 0 aliphatic carbocycles.